The van der Waals surface area contributed by atoms with Crippen molar-refractivity contribution in [2.75, 3.05) is 32.7 Å². The number of hydrogen-bond donors (Lipinski definition) is 1. The minimum absolute atomic E-state index is 0.0828. The van der Waals surface area contributed by atoms with Gasteiger partial charge in [0.2, 0.25) is 5.13 Å². The molecule has 0 saturated carbocycles. The quantitative estimate of drug-likeness (QED) is 0.376. The number of H-pyrrole nitrogens is 1. The Morgan fingerprint density at radius 3 is 2.53 bits per heavy atom. The molecule has 0 aliphatic carbocycles. The van der Waals surface area contributed by atoms with E-state index in [0.717, 1.165) is 10.2 Å². The second-order valence-corrected chi connectivity index (χ2v) is 10.3. The number of nitrogens with zero attached hydrogens (tertiary/aromatic N) is 5. The summed E-state index contributed by atoms with van der Waals surface area (Å²) in [6.07, 6.45) is 0. The normalized spacial score (nSPS) is 14.5. The third kappa shape index (κ3) is 4.23. The lowest BCUT2D eigenvalue weighted by atomic mass is 10.1. The van der Waals surface area contributed by atoms with Gasteiger partial charge in [-0.05, 0) is 31.2 Å². The smallest absolute Gasteiger partial charge is 0.282 e. The Morgan fingerprint density at radius 1 is 1.03 bits per heavy atom. The summed E-state index contributed by atoms with van der Waals surface area (Å²) in [7, 11) is 0. The fourth-order valence-electron chi connectivity index (χ4n) is 5.00. The van der Waals surface area contributed by atoms with Crippen molar-refractivity contribution in [2.24, 2.45) is 0 Å². The average Bonchev–Trinajstić information content (AvgIpc) is 3.49. The molecule has 1 amide bonds. The maximum Gasteiger partial charge on any atom is 0.282 e. The van der Waals surface area contributed by atoms with E-state index in [-0.39, 0.29) is 22.6 Å². The maximum atomic E-state index is 14.0. The fourth-order valence-corrected chi connectivity index (χ4v) is 5.92. The molecule has 11 heteroatoms. The van der Waals surface area contributed by atoms with Crippen LogP contribution in [0.4, 0.5) is 4.39 Å². The van der Waals surface area contributed by atoms with E-state index in [0.29, 0.717) is 61.0 Å². The molecule has 0 atom stereocenters. The molecule has 1 aliphatic heterocycles. The summed E-state index contributed by atoms with van der Waals surface area (Å²) in [6.45, 7) is 4.97. The van der Waals surface area contributed by atoms with E-state index < -0.39 is 5.82 Å². The number of amides is 1. The first-order valence-electron chi connectivity index (χ1n) is 12.4. The van der Waals surface area contributed by atoms with Crippen molar-refractivity contribution in [3.8, 4) is 5.13 Å². The Kier molecular flexibility index (Phi) is 6.16. The van der Waals surface area contributed by atoms with Crippen LogP contribution in [0, 0.1) is 12.7 Å². The van der Waals surface area contributed by atoms with Crippen LogP contribution in [0.2, 0.25) is 0 Å². The summed E-state index contributed by atoms with van der Waals surface area (Å²) in [5.74, 6) is -0.825. The summed E-state index contributed by atoms with van der Waals surface area (Å²) in [4.78, 5) is 47.4. The number of hydrogen-bond acceptors (Lipinski definition) is 6. The number of pyridine rings is 1. The average molecular weight is 533 g/mol. The zero-order chi connectivity index (χ0) is 26.4. The Hall–Kier alpha value is -4.09. The van der Waals surface area contributed by atoms with Crippen LogP contribution in [0.5, 0.6) is 0 Å². The summed E-state index contributed by atoms with van der Waals surface area (Å²) in [5.41, 5.74) is 1.53. The number of aromatic nitrogens is 4. The van der Waals surface area contributed by atoms with Gasteiger partial charge in [-0.1, -0.05) is 35.6 Å². The van der Waals surface area contributed by atoms with Crippen LogP contribution in [-0.4, -0.2) is 67.8 Å². The number of para-hydroxylation sites is 1. The molecule has 0 radical (unpaired) electrons. The van der Waals surface area contributed by atoms with E-state index in [2.05, 4.69) is 15.0 Å². The van der Waals surface area contributed by atoms with Gasteiger partial charge in [0.25, 0.3) is 17.0 Å². The lowest BCUT2D eigenvalue weighted by Gasteiger charge is -2.35. The van der Waals surface area contributed by atoms with E-state index in [1.54, 1.807) is 28.5 Å². The van der Waals surface area contributed by atoms with Gasteiger partial charge in [0.05, 0.1) is 26.7 Å². The number of benzene rings is 2. The molecule has 1 saturated heterocycles. The standard InChI is InChI=1S/C27H25FN6O3S/c1-17-24-21(30-34(26(24)37)27-29-20-8-4-5-9-22(20)38-27)16-23(35)33(17)15-12-31-10-13-32(14-11-31)25(36)18-6-2-3-7-19(18)28/h2-9,16,30H,10-15H2,1H3. The van der Waals surface area contributed by atoms with Crippen LogP contribution in [0.25, 0.3) is 26.3 Å². The number of aryl methyl sites for hydroxylation is 1. The molecule has 1 N–H and O–H groups in total. The molecule has 9 nitrogen and oxygen atoms in total. The summed E-state index contributed by atoms with van der Waals surface area (Å²) >= 11 is 1.40. The van der Waals surface area contributed by atoms with E-state index in [4.69, 9.17) is 0 Å². The monoisotopic (exact) mass is 532 g/mol. The minimum Gasteiger partial charge on any atom is -0.336 e. The SMILES string of the molecule is Cc1c2c(=O)n(-c3nc4ccccc4s3)[nH]c2cc(=O)n1CCN1CCN(C(=O)c2ccccc2F)CC1. The van der Waals surface area contributed by atoms with Crippen LogP contribution < -0.4 is 11.1 Å². The van der Waals surface area contributed by atoms with Crippen LogP contribution in [0.1, 0.15) is 16.1 Å². The molecule has 1 fully saturated rings. The Morgan fingerprint density at radius 2 is 1.76 bits per heavy atom. The maximum absolute atomic E-state index is 14.0. The molecule has 38 heavy (non-hydrogen) atoms. The lowest BCUT2D eigenvalue weighted by molar-refractivity contribution is 0.0628. The van der Waals surface area contributed by atoms with E-state index >= 15 is 0 Å². The predicted molar refractivity (Wildman–Crippen MR) is 145 cm³/mol. The van der Waals surface area contributed by atoms with E-state index in [1.165, 1.54) is 34.2 Å². The highest BCUT2D eigenvalue weighted by Crippen LogP contribution is 2.24. The van der Waals surface area contributed by atoms with E-state index in [9.17, 15) is 18.8 Å². The van der Waals surface area contributed by atoms with Crippen LogP contribution >= 0.6 is 11.3 Å². The van der Waals surface area contributed by atoms with Gasteiger partial charge >= 0.3 is 0 Å². The molecular formula is C27H25FN6O3S. The molecule has 2 aromatic carbocycles. The summed E-state index contributed by atoms with van der Waals surface area (Å²) in [6, 6.07) is 15.1. The summed E-state index contributed by atoms with van der Waals surface area (Å²) < 4.78 is 18.0. The van der Waals surface area contributed by atoms with Gasteiger partial charge < -0.3 is 9.47 Å². The molecule has 6 rings (SSSR count). The lowest BCUT2D eigenvalue weighted by Crippen LogP contribution is -2.49. The first-order valence-corrected chi connectivity index (χ1v) is 13.2. The number of aromatic amines is 1. The van der Waals surface area contributed by atoms with Crippen molar-refractivity contribution in [1.29, 1.82) is 0 Å². The molecule has 0 unspecified atom stereocenters. The Labute approximate surface area is 220 Å². The number of carbonyl (C=O) groups is 1. The van der Waals surface area contributed by atoms with E-state index in [1.807, 2.05) is 24.3 Å². The third-order valence-corrected chi connectivity index (χ3v) is 8.12. The number of fused-ring (bicyclic) bond motifs is 2. The first kappa shape index (κ1) is 24.3. The largest absolute Gasteiger partial charge is 0.336 e. The topological polar surface area (TPSA) is 96.2 Å². The van der Waals surface area contributed by atoms with Crippen molar-refractivity contribution >= 4 is 38.4 Å². The van der Waals surface area contributed by atoms with Crippen molar-refractivity contribution < 1.29 is 9.18 Å². The van der Waals surface area contributed by atoms with Crippen LogP contribution in [-0.2, 0) is 6.54 Å². The number of piperazine rings is 1. The number of halogens is 1. The molecule has 194 valence electrons. The van der Waals surface area contributed by atoms with Crippen LogP contribution in [0.15, 0.2) is 64.2 Å². The Balaban J connectivity index is 1.18. The summed E-state index contributed by atoms with van der Waals surface area (Å²) in [5, 5.41) is 4.04. The zero-order valence-electron chi connectivity index (χ0n) is 20.7. The van der Waals surface area contributed by atoms with Gasteiger partial charge in [-0.3, -0.25) is 24.4 Å². The van der Waals surface area contributed by atoms with Gasteiger partial charge in [0.15, 0.2) is 0 Å². The van der Waals surface area contributed by atoms with Gasteiger partial charge in [0, 0.05) is 51.0 Å². The highest BCUT2D eigenvalue weighted by atomic mass is 32.1. The molecule has 0 spiro atoms. The van der Waals surface area contributed by atoms with Gasteiger partial charge in [-0.25, -0.2) is 9.37 Å². The molecule has 1 aliphatic rings. The zero-order valence-corrected chi connectivity index (χ0v) is 21.5. The molecule has 5 aromatic rings. The second-order valence-electron chi connectivity index (χ2n) is 9.34. The van der Waals surface area contributed by atoms with Gasteiger partial charge in [-0.2, -0.15) is 4.68 Å². The van der Waals surface area contributed by atoms with Gasteiger partial charge in [0.1, 0.15) is 5.82 Å². The number of carbonyl (C=O) groups excluding carboxylic acids is 1. The van der Waals surface area contributed by atoms with Gasteiger partial charge in [-0.15, -0.1) is 0 Å². The predicted octanol–water partition coefficient (Wildman–Crippen LogP) is 3.00. The number of thiazole rings is 1. The molecular weight excluding hydrogens is 507 g/mol. The number of rotatable bonds is 5. The first-order chi connectivity index (χ1) is 18.4. The highest BCUT2D eigenvalue weighted by molar-refractivity contribution is 7.20. The highest BCUT2D eigenvalue weighted by Gasteiger charge is 2.24. The molecule has 4 heterocycles. The fraction of sp³-hybridized carbons (Fsp3) is 0.259. The number of nitrogens with one attached hydrogen (secondary N) is 1. The van der Waals surface area contributed by atoms with Crippen LogP contribution in [0.3, 0.4) is 0 Å². The Bertz CT molecular complexity index is 1760. The van der Waals surface area contributed by atoms with Crippen molar-refractivity contribution in [1.82, 2.24) is 29.1 Å². The minimum atomic E-state index is -0.517. The van der Waals surface area contributed by atoms with Crippen molar-refractivity contribution in [2.45, 2.75) is 13.5 Å². The third-order valence-electron chi connectivity index (χ3n) is 7.10. The molecule has 3 aromatic heterocycles. The van der Waals surface area contributed by atoms with Crippen molar-refractivity contribution in [3.05, 3.63) is 92.4 Å². The second kappa shape index (κ2) is 9.66. The van der Waals surface area contributed by atoms with Crippen molar-refractivity contribution in [3.63, 3.8) is 0 Å². The molecule has 0 bridgehead atoms.